The highest BCUT2D eigenvalue weighted by atomic mass is 32.1. The van der Waals surface area contributed by atoms with Gasteiger partial charge in [-0.1, -0.05) is 97.6 Å². The van der Waals surface area contributed by atoms with Gasteiger partial charge in [-0.15, -0.1) is 22.7 Å². The van der Waals surface area contributed by atoms with Gasteiger partial charge >= 0.3 is 12.4 Å². The van der Waals surface area contributed by atoms with Crippen molar-refractivity contribution in [3.63, 3.8) is 0 Å². The number of hydrogen-bond acceptors (Lipinski definition) is 9. The standard InChI is InChI=1S/C44H51F6N3O3S3/c1-5-9-12-14-22-54-34-26-33-38(53-59-52-33)36(39(34)55-23-15-13-10-6-2)35-25-32-37(31-21-24-57-40(31)41(32)58-35)51-30-19-17-29(18-20-30)42(43(45,46)47,44(48,49)50)56-27-28(8-4)16-11-7-3/h17-21,24-26,28H,5-16,22-23,27H2,1-4H3. The summed E-state index contributed by atoms with van der Waals surface area (Å²) in [7, 11) is 0. The topological polar surface area (TPSA) is 65.8 Å². The van der Waals surface area contributed by atoms with Gasteiger partial charge in [0.25, 0.3) is 5.60 Å². The van der Waals surface area contributed by atoms with Crippen molar-refractivity contribution in [2.45, 2.75) is 123 Å². The Bertz CT molecular complexity index is 2140. The van der Waals surface area contributed by atoms with Crippen LogP contribution in [0.25, 0.3) is 31.2 Å². The Morgan fingerprint density at radius 1 is 0.729 bits per heavy atom. The molecular formula is C44H51F6N3O3S3. The molecule has 15 heteroatoms. The van der Waals surface area contributed by atoms with Crippen LogP contribution in [0, 0.1) is 5.92 Å². The molecule has 1 aliphatic carbocycles. The third kappa shape index (κ3) is 9.68. The molecular weight excluding hydrogens is 829 g/mol. The van der Waals surface area contributed by atoms with Crippen molar-refractivity contribution < 1.29 is 40.6 Å². The fourth-order valence-electron chi connectivity index (χ4n) is 7.35. The van der Waals surface area contributed by atoms with E-state index >= 15 is 0 Å². The van der Waals surface area contributed by atoms with Gasteiger partial charge in [0.15, 0.2) is 11.5 Å². The monoisotopic (exact) mass is 879 g/mol. The predicted molar refractivity (Wildman–Crippen MR) is 228 cm³/mol. The number of alkyl halides is 6. The van der Waals surface area contributed by atoms with Crippen LogP contribution in [0.3, 0.4) is 0 Å². The summed E-state index contributed by atoms with van der Waals surface area (Å²) in [6.45, 7) is 8.34. The molecule has 0 N–H and O–H groups in total. The van der Waals surface area contributed by atoms with Crippen LogP contribution in [-0.2, 0) is 10.3 Å². The van der Waals surface area contributed by atoms with Crippen molar-refractivity contribution >= 4 is 56.8 Å². The maximum Gasteiger partial charge on any atom is 0.430 e. The largest absolute Gasteiger partial charge is 0.490 e. The molecule has 0 radical (unpaired) electrons. The second-order valence-corrected chi connectivity index (χ2v) is 17.5. The van der Waals surface area contributed by atoms with Crippen LogP contribution in [0.5, 0.6) is 11.5 Å². The van der Waals surface area contributed by atoms with Gasteiger partial charge in [-0.25, -0.2) is 4.99 Å². The van der Waals surface area contributed by atoms with E-state index in [1.165, 1.54) is 23.5 Å². The minimum atomic E-state index is -5.77. The number of unbranched alkanes of at least 4 members (excludes halogenated alkanes) is 7. The minimum absolute atomic E-state index is 0.204. The summed E-state index contributed by atoms with van der Waals surface area (Å²) in [6, 6.07) is 9.89. The lowest BCUT2D eigenvalue weighted by atomic mass is 9.91. The maximum absolute atomic E-state index is 14.7. The highest BCUT2D eigenvalue weighted by Gasteiger charge is 2.73. The zero-order valence-corrected chi connectivity index (χ0v) is 36.3. The molecule has 59 heavy (non-hydrogen) atoms. The van der Waals surface area contributed by atoms with Crippen molar-refractivity contribution in [2.24, 2.45) is 10.9 Å². The van der Waals surface area contributed by atoms with Gasteiger partial charge in [0.05, 0.1) is 58.3 Å². The van der Waals surface area contributed by atoms with E-state index in [2.05, 4.69) is 22.6 Å². The van der Waals surface area contributed by atoms with Crippen LogP contribution in [0.15, 0.2) is 52.8 Å². The number of halogens is 6. The average molecular weight is 880 g/mol. The molecule has 6 nitrogen and oxygen atoms in total. The number of thiophene rings is 2. The zero-order valence-electron chi connectivity index (χ0n) is 33.9. The number of hydrogen-bond donors (Lipinski definition) is 0. The molecule has 320 valence electrons. The predicted octanol–water partition coefficient (Wildman–Crippen LogP) is 15.1. The van der Waals surface area contributed by atoms with E-state index in [1.807, 2.05) is 30.5 Å². The lowest BCUT2D eigenvalue weighted by Gasteiger charge is -2.38. The summed E-state index contributed by atoms with van der Waals surface area (Å²) in [4.78, 5) is 7.65. The van der Waals surface area contributed by atoms with E-state index in [4.69, 9.17) is 19.2 Å². The van der Waals surface area contributed by atoms with Gasteiger partial charge in [-0.05, 0) is 54.8 Å². The Hall–Kier alpha value is -3.53. The van der Waals surface area contributed by atoms with Crippen LogP contribution in [-0.4, -0.2) is 46.6 Å². The van der Waals surface area contributed by atoms with Crippen LogP contribution in [0.1, 0.15) is 121 Å². The Kier molecular flexibility index (Phi) is 15.2. The lowest BCUT2D eigenvalue weighted by molar-refractivity contribution is -0.391. The summed E-state index contributed by atoms with van der Waals surface area (Å²) < 4.78 is 115. The molecule has 2 aromatic carbocycles. The molecule has 5 aromatic rings. The van der Waals surface area contributed by atoms with Crippen LogP contribution in [0.4, 0.5) is 32.0 Å². The average Bonchev–Trinajstić information content (AvgIpc) is 4.00. The van der Waals surface area contributed by atoms with Crippen LogP contribution >= 0.6 is 34.4 Å². The number of aliphatic imine (C=N–C) groups is 1. The van der Waals surface area contributed by atoms with Crippen LogP contribution in [0.2, 0.25) is 0 Å². The van der Waals surface area contributed by atoms with Gasteiger partial charge in [0.1, 0.15) is 11.0 Å². The Balaban J connectivity index is 1.38. The first-order valence-corrected chi connectivity index (χ1v) is 23.0. The molecule has 0 amide bonds. The minimum Gasteiger partial charge on any atom is -0.490 e. The fourth-order valence-corrected chi connectivity index (χ4v) is 10.2. The molecule has 0 bridgehead atoms. The summed E-state index contributed by atoms with van der Waals surface area (Å²) in [6.07, 6.45) is -0.893. The van der Waals surface area contributed by atoms with Crippen molar-refractivity contribution in [3.05, 3.63) is 64.5 Å². The third-order valence-electron chi connectivity index (χ3n) is 10.7. The zero-order chi connectivity index (χ0) is 42.2. The Morgan fingerprint density at radius 2 is 1.41 bits per heavy atom. The maximum atomic E-state index is 14.7. The van der Waals surface area contributed by atoms with E-state index in [0.717, 1.165) is 113 Å². The molecule has 0 saturated heterocycles. The van der Waals surface area contributed by atoms with Gasteiger partial charge in [-0.2, -0.15) is 35.1 Å². The van der Waals surface area contributed by atoms with E-state index in [0.29, 0.717) is 60.7 Å². The molecule has 3 heterocycles. The Morgan fingerprint density at radius 3 is 2.05 bits per heavy atom. The molecule has 0 aliphatic heterocycles. The molecule has 1 aliphatic rings. The van der Waals surface area contributed by atoms with Gasteiger partial charge in [-0.3, -0.25) is 0 Å². The van der Waals surface area contributed by atoms with Gasteiger partial charge in [0.2, 0.25) is 0 Å². The smallest absolute Gasteiger partial charge is 0.430 e. The van der Waals surface area contributed by atoms with Crippen molar-refractivity contribution in [1.29, 1.82) is 0 Å². The molecule has 0 spiro atoms. The number of ether oxygens (including phenoxy) is 3. The van der Waals surface area contributed by atoms with Crippen LogP contribution < -0.4 is 9.47 Å². The number of fused-ring (bicyclic) bond motifs is 4. The van der Waals surface area contributed by atoms with Crippen molar-refractivity contribution in [3.8, 4) is 31.7 Å². The second kappa shape index (κ2) is 19.9. The van der Waals surface area contributed by atoms with E-state index in [9.17, 15) is 26.3 Å². The summed E-state index contributed by atoms with van der Waals surface area (Å²) in [5.74, 6) is 0.766. The molecule has 0 saturated carbocycles. The Labute approximate surface area is 354 Å². The van der Waals surface area contributed by atoms with E-state index < -0.39 is 36.0 Å². The molecule has 1 atom stereocenters. The molecule has 6 rings (SSSR count). The molecule has 3 aromatic heterocycles. The number of aromatic nitrogens is 2. The van der Waals surface area contributed by atoms with Crippen molar-refractivity contribution in [2.75, 3.05) is 19.8 Å². The quantitative estimate of drug-likeness (QED) is 0.0502. The first kappa shape index (κ1) is 45.0. The number of rotatable bonds is 22. The van der Waals surface area contributed by atoms with Gasteiger partial charge < -0.3 is 14.2 Å². The highest BCUT2D eigenvalue weighted by molar-refractivity contribution is 7.24. The third-order valence-corrected chi connectivity index (χ3v) is 13.5. The molecule has 0 fully saturated rings. The summed E-state index contributed by atoms with van der Waals surface area (Å²) in [5, 5.41) is 1.94. The SMILES string of the molecule is CCCCCCOc1cc2nsnc2c(-c2cc3c(s2)-c2sccc2C3=Nc2ccc(C(OCC(CC)CCCC)(C(F)(F)F)C(F)(F)F)cc2)c1OCCCCCC. The second-order valence-electron chi connectivity index (χ2n) is 15.0. The fraction of sp³-hybridized carbons (Fsp3) is 0.523. The first-order chi connectivity index (χ1) is 28.4. The summed E-state index contributed by atoms with van der Waals surface area (Å²) >= 11 is 4.19. The first-order valence-electron chi connectivity index (χ1n) is 20.6. The summed E-state index contributed by atoms with van der Waals surface area (Å²) in [5.41, 5.74) is -0.972. The number of benzene rings is 2. The van der Waals surface area contributed by atoms with Crippen molar-refractivity contribution in [1.82, 2.24) is 8.75 Å². The van der Waals surface area contributed by atoms with E-state index in [-0.39, 0.29) is 5.69 Å². The van der Waals surface area contributed by atoms with E-state index in [1.54, 1.807) is 18.3 Å². The highest BCUT2D eigenvalue weighted by Crippen LogP contribution is 2.55. The number of nitrogens with zero attached hydrogens (tertiary/aromatic N) is 3. The van der Waals surface area contributed by atoms with Gasteiger partial charge in [0, 0.05) is 27.6 Å². The molecule has 1 unspecified atom stereocenters. The normalized spacial score (nSPS) is 14.3. The lowest BCUT2D eigenvalue weighted by Crippen LogP contribution is -2.56.